The molecule has 2 heterocycles. The van der Waals surface area contributed by atoms with E-state index in [1.54, 1.807) is 12.1 Å². The van der Waals surface area contributed by atoms with Crippen molar-refractivity contribution in [3.63, 3.8) is 0 Å². The molecule has 0 aliphatic carbocycles. The van der Waals surface area contributed by atoms with Gasteiger partial charge in [0, 0.05) is 20.9 Å². The minimum atomic E-state index is -0.276. The van der Waals surface area contributed by atoms with Gasteiger partial charge in [0.1, 0.15) is 11.6 Å². The van der Waals surface area contributed by atoms with Crippen molar-refractivity contribution in [1.82, 2.24) is 9.55 Å². The van der Waals surface area contributed by atoms with Crippen LogP contribution in [0.1, 0.15) is 22.6 Å². The van der Waals surface area contributed by atoms with Crippen LogP contribution in [0.25, 0.3) is 5.69 Å². The number of hydrogen-bond acceptors (Lipinski definition) is 2. The molecule has 6 heteroatoms. The number of rotatable bonds is 2. The van der Waals surface area contributed by atoms with Crippen molar-refractivity contribution >= 4 is 39.9 Å². The maximum atomic E-state index is 14.4. The summed E-state index contributed by atoms with van der Waals surface area (Å²) >= 11 is 8.18. The van der Waals surface area contributed by atoms with E-state index in [2.05, 4.69) is 32.6 Å². The first kappa shape index (κ1) is 15.8. The number of aliphatic imine (C=N–C) groups is 1. The number of nitrogens with zero attached hydrogens (tertiary/aromatic N) is 3. The summed E-state index contributed by atoms with van der Waals surface area (Å²) in [7, 11) is 0. The molecule has 24 heavy (non-hydrogen) atoms. The summed E-state index contributed by atoms with van der Waals surface area (Å²) < 4.78 is 17.4. The van der Waals surface area contributed by atoms with E-state index in [0.29, 0.717) is 23.7 Å². The first-order chi connectivity index (χ1) is 11.7. The van der Waals surface area contributed by atoms with Gasteiger partial charge in [0.15, 0.2) is 0 Å². The number of benzene rings is 2. The number of hydrogen-bond donors (Lipinski definition) is 0. The first-order valence-electron chi connectivity index (χ1n) is 7.40. The molecule has 0 radical (unpaired) electrons. The van der Waals surface area contributed by atoms with Gasteiger partial charge < -0.3 is 4.57 Å². The van der Waals surface area contributed by atoms with Crippen LogP contribution in [0.3, 0.4) is 0 Å². The summed E-state index contributed by atoms with van der Waals surface area (Å²) in [5.41, 5.74) is 3.79. The molecule has 0 fully saturated rings. The van der Waals surface area contributed by atoms with E-state index in [4.69, 9.17) is 11.6 Å². The van der Waals surface area contributed by atoms with Gasteiger partial charge in [0.2, 0.25) is 0 Å². The molecule has 0 amide bonds. The van der Waals surface area contributed by atoms with Crippen LogP contribution in [0.4, 0.5) is 4.39 Å². The molecule has 0 saturated carbocycles. The molecule has 0 bridgehead atoms. The van der Waals surface area contributed by atoms with Crippen molar-refractivity contribution in [3.8, 4) is 5.69 Å². The van der Waals surface area contributed by atoms with Crippen LogP contribution in [0.5, 0.6) is 0 Å². The van der Waals surface area contributed by atoms with E-state index in [1.807, 2.05) is 35.0 Å². The quantitative estimate of drug-likeness (QED) is 0.410. The van der Waals surface area contributed by atoms with E-state index in [-0.39, 0.29) is 5.82 Å². The fourth-order valence-electron chi connectivity index (χ4n) is 2.88. The van der Waals surface area contributed by atoms with Crippen molar-refractivity contribution in [3.05, 3.63) is 80.7 Å². The van der Waals surface area contributed by atoms with E-state index >= 15 is 0 Å². The predicted molar refractivity (Wildman–Crippen MR) is 102 cm³/mol. The zero-order valence-corrected chi connectivity index (χ0v) is 15.4. The van der Waals surface area contributed by atoms with Gasteiger partial charge in [-0.05, 0) is 52.9 Å². The Labute approximate surface area is 157 Å². The molecule has 0 saturated heterocycles. The lowest BCUT2D eigenvalue weighted by Crippen LogP contribution is -2.09. The largest absolute Gasteiger partial charge is 0.301 e. The van der Waals surface area contributed by atoms with Crippen molar-refractivity contribution in [2.45, 2.75) is 12.4 Å². The molecule has 4 rings (SSSR count). The number of alkyl halides is 1. The molecule has 2 aromatic carbocycles. The van der Waals surface area contributed by atoms with E-state index in [1.165, 1.54) is 6.07 Å². The Kier molecular flexibility index (Phi) is 4.14. The second-order valence-electron chi connectivity index (χ2n) is 5.46. The number of fused-ring (bicyclic) bond motifs is 3. The summed E-state index contributed by atoms with van der Waals surface area (Å²) in [5.74, 6) is 0.880. The zero-order valence-electron chi connectivity index (χ0n) is 12.5. The van der Waals surface area contributed by atoms with E-state index in [9.17, 15) is 4.39 Å². The van der Waals surface area contributed by atoms with Crippen LogP contribution in [-0.2, 0) is 12.4 Å². The minimum Gasteiger partial charge on any atom is -0.301 e. The highest BCUT2D eigenvalue weighted by Gasteiger charge is 2.22. The van der Waals surface area contributed by atoms with Crippen LogP contribution in [-0.4, -0.2) is 15.3 Å². The van der Waals surface area contributed by atoms with Crippen LogP contribution < -0.4 is 0 Å². The Balaban J connectivity index is 1.98. The molecule has 0 atom stereocenters. The van der Waals surface area contributed by atoms with Gasteiger partial charge in [-0.1, -0.05) is 12.1 Å². The van der Waals surface area contributed by atoms with Crippen LogP contribution >= 0.6 is 34.2 Å². The summed E-state index contributed by atoms with van der Waals surface area (Å²) in [4.78, 5) is 9.20. The molecule has 1 aliphatic heterocycles. The monoisotopic (exact) mass is 451 g/mol. The average molecular weight is 452 g/mol. The second-order valence-corrected chi connectivity index (χ2v) is 6.97. The maximum absolute atomic E-state index is 14.4. The number of imidazole rings is 1. The summed E-state index contributed by atoms with van der Waals surface area (Å²) in [5, 5.41) is 0. The minimum absolute atomic E-state index is 0.276. The third kappa shape index (κ3) is 2.65. The fraction of sp³-hybridized carbons (Fsp3) is 0.111. The standard InChI is InChI=1S/C18H12ClFIN3/c19-8-12-10-24-16-6-5-11(21)7-14(16)18(22-9-17(24)23-12)13-3-1-2-4-15(13)20/h1-7,10H,8-9H2. The van der Waals surface area contributed by atoms with Crippen LogP contribution in [0.15, 0.2) is 53.7 Å². The smallest absolute Gasteiger partial charge is 0.135 e. The molecule has 0 spiro atoms. The van der Waals surface area contributed by atoms with Crippen LogP contribution in [0.2, 0.25) is 0 Å². The third-order valence-electron chi connectivity index (χ3n) is 3.95. The molecule has 1 aliphatic rings. The van der Waals surface area contributed by atoms with Crippen molar-refractivity contribution in [2.24, 2.45) is 4.99 Å². The summed E-state index contributed by atoms with van der Waals surface area (Å²) in [6, 6.07) is 12.8. The molecule has 120 valence electrons. The highest BCUT2D eigenvalue weighted by Crippen LogP contribution is 2.28. The average Bonchev–Trinajstić information content (AvgIpc) is 2.94. The number of aromatic nitrogens is 2. The van der Waals surface area contributed by atoms with Crippen molar-refractivity contribution in [1.29, 1.82) is 0 Å². The molecule has 0 N–H and O–H groups in total. The lowest BCUT2D eigenvalue weighted by atomic mass is 10.00. The highest BCUT2D eigenvalue weighted by atomic mass is 127. The van der Waals surface area contributed by atoms with E-state index < -0.39 is 0 Å². The molecule has 0 unspecified atom stereocenters. The fourth-order valence-corrected chi connectivity index (χ4v) is 3.50. The SMILES string of the molecule is Fc1ccccc1C1=NCc2nc(CCl)cn2-c2ccc(I)cc21. The molecule has 3 aromatic rings. The summed E-state index contributed by atoms with van der Waals surface area (Å²) in [6.45, 7) is 0.381. The first-order valence-corrected chi connectivity index (χ1v) is 9.01. The highest BCUT2D eigenvalue weighted by molar-refractivity contribution is 14.1. The normalized spacial score (nSPS) is 13.0. The Bertz CT molecular complexity index is 965. The van der Waals surface area contributed by atoms with E-state index in [0.717, 1.165) is 26.3 Å². The Hall–Kier alpha value is -1.73. The molecule has 1 aromatic heterocycles. The van der Waals surface area contributed by atoms with Gasteiger partial charge >= 0.3 is 0 Å². The lowest BCUT2D eigenvalue weighted by molar-refractivity contribution is 0.625. The van der Waals surface area contributed by atoms with Gasteiger partial charge in [-0.25, -0.2) is 9.37 Å². The van der Waals surface area contributed by atoms with Crippen molar-refractivity contribution in [2.75, 3.05) is 0 Å². The van der Waals surface area contributed by atoms with Gasteiger partial charge in [0.25, 0.3) is 0 Å². The second kappa shape index (κ2) is 6.29. The topological polar surface area (TPSA) is 30.2 Å². The third-order valence-corrected chi connectivity index (χ3v) is 4.89. The predicted octanol–water partition coefficient (Wildman–Crippen LogP) is 4.71. The number of halogens is 3. The van der Waals surface area contributed by atoms with Gasteiger partial charge in [0.05, 0.1) is 29.5 Å². The van der Waals surface area contributed by atoms with Gasteiger partial charge in [-0.15, -0.1) is 11.6 Å². The Morgan fingerprint density at radius 1 is 1.17 bits per heavy atom. The molecular formula is C18H12ClFIN3. The Morgan fingerprint density at radius 2 is 2.00 bits per heavy atom. The molecule has 3 nitrogen and oxygen atoms in total. The molecular weight excluding hydrogens is 440 g/mol. The summed E-state index contributed by atoms with van der Waals surface area (Å²) in [6.07, 6.45) is 1.92. The van der Waals surface area contributed by atoms with Gasteiger partial charge in [-0.3, -0.25) is 4.99 Å². The maximum Gasteiger partial charge on any atom is 0.135 e. The van der Waals surface area contributed by atoms with Crippen molar-refractivity contribution < 1.29 is 4.39 Å². The zero-order chi connectivity index (χ0) is 16.7. The van der Waals surface area contributed by atoms with Gasteiger partial charge in [-0.2, -0.15) is 0 Å². The lowest BCUT2D eigenvalue weighted by Gasteiger charge is -2.12. The van der Waals surface area contributed by atoms with Crippen LogP contribution in [0, 0.1) is 9.39 Å². The Morgan fingerprint density at radius 3 is 2.79 bits per heavy atom.